The Morgan fingerprint density at radius 2 is 1.93 bits per heavy atom. The Bertz CT molecular complexity index is 427. The highest BCUT2D eigenvalue weighted by atomic mass is 14.6. The summed E-state index contributed by atoms with van der Waals surface area (Å²) in [5.41, 5.74) is 10.9. The van der Waals surface area contributed by atoms with Crippen LogP contribution >= 0.6 is 0 Å². The minimum Gasteiger partial charge on any atom is -0.402 e. The quantitative estimate of drug-likeness (QED) is 0.738. The molecule has 2 rings (SSSR count). The predicted octanol–water partition coefficient (Wildman–Crippen LogP) is 3.26. The molecule has 0 saturated heterocycles. The van der Waals surface area contributed by atoms with Crippen LogP contribution < -0.4 is 5.73 Å². The van der Waals surface area contributed by atoms with Gasteiger partial charge < -0.3 is 5.73 Å². The second-order valence-corrected chi connectivity index (χ2v) is 4.28. The summed E-state index contributed by atoms with van der Waals surface area (Å²) in [6.45, 7) is 4.39. The maximum atomic E-state index is 5.82. The Balaban J connectivity index is 2.44. The van der Waals surface area contributed by atoms with Gasteiger partial charge in [-0.05, 0) is 42.0 Å². The summed E-state index contributed by atoms with van der Waals surface area (Å²) in [6, 6.07) is 8.52. The molecule has 78 valence electrons. The third-order valence-electron chi connectivity index (χ3n) is 3.01. The van der Waals surface area contributed by atoms with Crippen molar-refractivity contribution in [2.45, 2.75) is 20.3 Å². The summed E-state index contributed by atoms with van der Waals surface area (Å²) < 4.78 is 0. The minimum absolute atomic E-state index is 0.524. The summed E-state index contributed by atoms with van der Waals surface area (Å²) >= 11 is 0. The molecule has 2 N–H and O–H groups in total. The van der Waals surface area contributed by atoms with Crippen LogP contribution in [0.25, 0.3) is 5.57 Å². The molecule has 1 aromatic carbocycles. The lowest BCUT2D eigenvalue weighted by Crippen LogP contribution is -2.10. The first kappa shape index (κ1) is 10.0. The molecule has 0 fully saturated rings. The molecule has 1 heteroatoms. The Morgan fingerprint density at radius 3 is 2.60 bits per heavy atom. The summed E-state index contributed by atoms with van der Waals surface area (Å²) in [6.07, 6.45) is 5.16. The molecule has 0 aliphatic heterocycles. The lowest BCUT2D eigenvalue weighted by molar-refractivity contribution is 0.721. The van der Waals surface area contributed by atoms with Gasteiger partial charge in [-0.25, -0.2) is 0 Å². The number of nitrogens with two attached hydrogens (primary N) is 1. The Kier molecular flexibility index (Phi) is 2.63. The standard InChI is InChI=1S/C14H17N/c1-10-5-3-4-6-13(10)14-8-7-12(15)9-11(14)2/h3-8,11H,9,15H2,1-2H3. The third kappa shape index (κ3) is 1.96. The van der Waals surface area contributed by atoms with Gasteiger partial charge >= 0.3 is 0 Å². The molecule has 1 aliphatic carbocycles. The average molecular weight is 199 g/mol. The molecule has 0 spiro atoms. The van der Waals surface area contributed by atoms with Crippen LogP contribution in [0.15, 0.2) is 42.1 Å². The highest BCUT2D eigenvalue weighted by Crippen LogP contribution is 2.32. The van der Waals surface area contributed by atoms with E-state index >= 15 is 0 Å². The van der Waals surface area contributed by atoms with Crippen LogP contribution in [0, 0.1) is 12.8 Å². The summed E-state index contributed by atoms with van der Waals surface area (Å²) in [4.78, 5) is 0. The highest BCUT2D eigenvalue weighted by molar-refractivity contribution is 5.72. The van der Waals surface area contributed by atoms with Crippen LogP contribution in [0.2, 0.25) is 0 Å². The summed E-state index contributed by atoms with van der Waals surface area (Å²) in [7, 11) is 0. The smallest absolute Gasteiger partial charge is 0.00865 e. The van der Waals surface area contributed by atoms with E-state index in [0.717, 1.165) is 12.1 Å². The fourth-order valence-electron chi connectivity index (χ4n) is 2.14. The first-order chi connectivity index (χ1) is 7.18. The average Bonchev–Trinajstić information content (AvgIpc) is 2.20. The summed E-state index contributed by atoms with van der Waals surface area (Å²) in [5.74, 6) is 0.524. The topological polar surface area (TPSA) is 26.0 Å². The van der Waals surface area contributed by atoms with Gasteiger partial charge in [-0.3, -0.25) is 0 Å². The van der Waals surface area contributed by atoms with E-state index in [0.29, 0.717) is 5.92 Å². The van der Waals surface area contributed by atoms with Crippen molar-refractivity contribution in [3.63, 3.8) is 0 Å². The van der Waals surface area contributed by atoms with E-state index in [1.165, 1.54) is 16.7 Å². The van der Waals surface area contributed by atoms with E-state index in [-0.39, 0.29) is 0 Å². The number of hydrogen-bond acceptors (Lipinski definition) is 1. The van der Waals surface area contributed by atoms with Crippen LogP contribution in [0.5, 0.6) is 0 Å². The number of allylic oxidation sites excluding steroid dienone is 4. The van der Waals surface area contributed by atoms with E-state index in [9.17, 15) is 0 Å². The molecule has 0 amide bonds. The summed E-state index contributed by atoms with van der Waals surface area (Å²) in [5, 5.41) is 0. The minimum atomic E-state index is 0.524. The first-order valence-corrected chi connectivity index (χ1v) is 5.40. The lowest BCUT2D eigenvalue weighted by Gasteiger charge is -2.21. The molecule has 1 aromatic rings. The fourth-order valence-corrected chi connectivity index (χ4v) is 2.14. The number of benzene rings is 1. The van der Waals surface area contributed by atoms with Crippen LogP contribution in [0.1, 0.15) is 24.5 Å². The molecule has 1 atom stereocenters. The zero-order chi connectivity index (χ0) is 10.8. The second kappa shape index (κ2) is 3.93. The zero-order valence-electron chi connectivity index (χ0n) is 9.33. The van der Waals surface area contributed by atoms with Crippen molar-refractivity contribution in [1.29, 1.82) is 0 Å². The van der Waals surface area contributed by atoms with Gasteiger partial charge in [-0.2, -0.15) is 0 Å². The van der Waals surface area contributed by atoms with Crippen molar-refractivity contribution in [3.8, 4) is 0 Å². The predicted molar refractivity (Wildman–Crippen MR) is 65.2 cm³/mol. The molecule has 0 saturated carbocycles. The first-order valence-electron chi connectivity index (χ1n) is 5.40. The largest absolute Gasteiger partial charge is 0.402 e. The van der Waals surface area contributed by atoms with Crippen LogP contribution in [-0.4, -0.2) is 0 Å². The zero-order valence-corrected chi connectivity index (χ0v) is 9.33. The van der Waals surface area contributed by atoms with Crippen molar-refractivity contribution < 1.29 is 0 Å². The van der Waals surface area contributed by atoms with Crippen molar-refractivity contribution in [2.75, 3.05) is 0 Å². The Hall–Kier alpha value is -1.50. The molecular formula is C14H17N. The SMILES string of the molecule is Cc1ccccc1C1=CC=C(N)CC1C. The van der Waals surface area contributed by atoms with E-state index < -0.39 is 0 Å². The van der Waals surface area contributed by atoms with Crippen molar-refractivity contribution in [2.24, 2.45) is 11.7 Å². The molecule has 1 unspecified atom stereocenters. The highest BCUT2D eigenvalue weighted by Gasteiger charge is 2.15. The molecular weight excluding hydrogens is 182 g/mol. The molecule has 0 aromatic heterocycles. The maximum absolute atomic E-state index is 5.82. The monoisotopic (exact) mass is 199 g/mol. The molecule has 0 radical (unpaired) electrons. The van der Waals surface area contributed by atoms with E-state index in [1.54, 1.807) is 0 Å². The third-order valence-corrected chi connectivity index (χ3v) is 3.01. The maximum Gasteiger partial charge on any atom is 0.00865 e. The van der Waals surface area contributed by atoms with Crippen LogP contribution in [0.4, 0.5) is 0 Å². The number of hydrogen-bond donors (Lipinski definition) is 1. The van der Waals surface area contributed by atoms with Gasteiger partial charge in [0.1, 0.15) is 0 Å². The van der Waals surface area contributed by atoms with Crippen molar-refractivity contribution in [1.82, 2.24) is 0 Å². The molecule has 1 aliphatic rings. The van der Waals surface area contributed by atoms with Gasteiger partial charge in [0.2, 0.25) is 0 Å². The van der Waals surface area contributed by atoms with Crippen molar-refractivity contribution in [3.05, 3.63) is 53.2 Å². The van der Waals surface area contributed by atoms with Gasteiger partial charge in [0.15, 0.2) is 0 Å². The lowest BCUT2D eigenvalue weighted by atomic mass is 9.85. The van der Waals surface area contributed by atoms with Gasteiger partial charge in [0.05, 0.1) is 0 Å². The Labute approximate surface area is 91.3 Å². The van der Waals surface area contributed by atoms with Gasteiger partial charge in [0.25, 0.3) is 0 Å². The van der Waals surface area contributed by atoms with Gasteiger partial charge in [-0.1, -0.05) is 37.3 Å². The second-order valence-electron chi connectivity index (χ2n) is 4.28. The molecule has 0 heterocycles. The van der Waals surface area contributed by atoms with Gasteiger partial charge in [0, 0.05) is 5.70 Å². The van der Waals surface area contributed by atoms with E-state index in [4.69, 9.17) is 5.73 Å². The molecule has 1 nitrogen and oxygen atoms in total. The fraction of sp³-hybridized carbons (Fsp3) is 0.286. The van der Waals surface area contributed by atoms with Crippen molar-refractivity contribution >= 4 is 5.57 Å². The van der Waals surface area contributed by atoms with E-state index in [2.05, 4.69) is 44.2 Å². The number of aryl methyl sites for hydroxylation is 1. The normalized spacial score (nSPS) is 20.8. The number of rotatable bonds is 1. The molecule has 15 heavy (non-hydrogen) atoms. The Morgan fingerprint density at radius 1 is 1.20 bits per heavy atom. The van der Waals surface area contributed by atoms with Crippen LogP contribution in [0.3, 0.4) is 0 Å². The van der Waals surface area contributed by atoms with E-state index in [1.807, 2.05) is 6.08 Å². The van der Waals surface area contributed by atoms with Crippen LogP contribution in [-0.2, 0) is 0 Å². The van der Waals surface area contributed by atoms with Gasteiger partial charge in [-0.15, -0.1) is 0 Å². The molecule has 0 bridgehead atoms.